The highest BCUT2D eigenvalue weighted by molar-refractivity contribution is 5.72. The Morgan fingerprint density at radius 1 is 1.38 bits per heavy atom. The molecule has 0 radical (unpaired) electrons. The summed E-state index contributed by atoms with van der Waals surface area (Å²) in [7, 11) is 0. The van der Waals surface area contributed by atoms with E-state index in [9.17, 15) is 4.79 Å². The number of aliphatic carboxylic acids is 1. The topological polar surface area (TPSA) is 101 Å². The molecule has 0 unspecified atom stereocenters. The Morgan fingerprint density at radius 3 is 2.62 bits per heavy atom. The molecule has 0 aliphatic heterocycles. The number of rotatable bonds is 8. The minimum atomic E-state index is -0.941. The van der Waals surface area contributed by atoms with Crippen molar-refractivity contribution in [3.05, 3.63) is 0 Å². The molecular formula is C8H19N3O2. The maximum atomic E-state index is 10.3. The molecular weight excluding hydrogens is 170 g/mol. The summed E-state index contributed by atoms with van der Waals surface area (Å²) in [5.74, 6) is -0.941. The molecule has 0 saturated heterocycles. The normalized spacial score (nSPS) is 12.8. The van der Waals surface area contributed by atoms with E-state index in [0.29, 0.717) is 19.5 Å². The fourth-order valence-corrected chi connectivity index (χ4v) is 0.900. The molecule has 0 aromatic rings. The van der Waals surface area contributed by atoms with Crippen molar-refractivity contribution in [3.8, 4) is 0 Å². The lowest BCUT2D eigenvalue weighted by atomic mass is 10.2. The van der Waals surface area contributed by atoms with Gasteiger partial charge in [0.05, 0.1) is 0 Å². The van der Waals surface area contributed by atoms with E-state index < -0.39 is 12.0 Å². The minimum absolute atomic E-state index is 0.470. The summed E-state index contributed by atoms with van der Waals surface area (Å²) < 4.78 is 0. The van der Waals surface area contributed by atoms with E-state index >= 15 is 0 Å². The average Bonchev–Trinajstić information content (AvgIpc) is 2.10. The predicted molar refractivity (Wildman–Crippen MR) is 51.4 cm³/mol. The average molecular weight is 189 g/mol. The predicted octanol–water partition coefficient (Wildman–Crippen LogP) is -0.883. The lowest BCUT2D eigenvalue weighted by molar-refractivity contribution is -0.138. The molecule has 0 aromatic heterocycles. The van der Waals surface area contributed by atoms with E-state index in [-0.39, 0.29) is 0 Å². The maximum Gasteiger partial charge on any atom is 0.320 e. The van der Waals surface area contributed by atoms with E-state index in [1.807, 2.05) is 0 Å². The SMILES string of the molecule is NCCCCNCC[C@H](N)C(=O)O. The second-order valence-corrected chi connectivity index (χ2v) is 2.98. The fraction of sp³-hybridized carbons (Fsp3) is 0.875. The lowest BCUT2D eigenvalue weighted by Crippen LogP contribution is -2.33. The Balaban J connectivity index is 3.11. The van der Waals surface area contributed by atoms with Gasteiger partial charge >= 0.3 is 5.97 Å². The zero-order valence-corrected chi connectivity index (χ0v) is 7.83. The molecule has 0 aliphatic rings. The van der Waals surface area contributed by atoms with E-state index in [2.05, 4.69) is 5.32 Å². The smallest absolute Gasteiger partial charge is 0.320 e. The Morgan fingerprint density at radius 2 is 2.08 bits per heavy atom. The van der Waals surface area contributed by atoms with Crippen LogP contribution in [0.25, 0.3) is 0 Å². The number of hydrogen-bond acceptors (Lipinski definition) is 4. The van der Waals surface area contributed by atoms with Gasteiger partial charge in [-0.15, -0.1) is 0 Å². The van der Waals surface area contributed by atoms with Crippen molar-refractivity contribution >= 4 is 5.97 Å². The quantitative estimate of drug-likeness (QED) is 0.371. The summed E-state index contributed by atoms with van der Waals surface area (Å²) in [4.78, 5) is 10.3. The van der Waals surface area contributed by atoms with Crippen molar-refractivity contribution in [3.63, 3.8) is 0 Å². The molecule has 0 fully saturated rings. The number of nitrogens with two attached hydrogens (primary N) is 2. The van der Waals surface area contributed by atoms with E-state index in [1.54, 1.807) is 0 Å². The molecule has 0 heterocycles. The van der Waals surface area contributed by atoms with Gasteiger partial charge in [-0.2, -0.15) is 0 Å². The van der Waals surface area contributed by atoms with Crippen molar-refractivity contribution in [2.24, 2.45) is 11.5 Å². The van der Waals surface area contributed by atoms with Gasteiger partial charge in [0.15, 0.2) is 0 Å². The van der Waals surface area contributed by atoms with Gasteiger partial charge in [-0.3, -0.25) is 4.79 Å². The third-order valence-electron chi connectivity index (χ3n) is 1.76. The molecule has 0 spiro atoms. The summed E-state index contributed by atoms with van der Waals surface area (Å²) in [6, 6.07) is -0.748. The van der Waals surface area contributed by atoms with Crippen molar-refractivity contribution in [2.75, 3.05) is 19.6 Å². The zero-order chi connectivity index (χ0) is 10.1. The number of nitrogens with one attached hydrogen (secondary N) is 1. The summed E-state index contributed by atoms with van der Waals surface area (Å²) in [6.45, 7) is 2.23. The van der Waals surface area contributed by atoms with Crippen molar-refractivity contribution in [1.82, 2.24) is 5.32 Å². The monoisotopic (exact) mass is 189 g/mol. The molecule has 0 saturated carbocycles. The minimum Gasteiger partial charge on any atom is -0.480 e. The highest BCUT2D eigenvalue weighted by Crippen LogP contribution is 1.87. The van der Waals surface area contributed by atoms with Gasteiger partial charge in [0.25, 0.3) is 0 Å². The summed E-state index contributed by atoms with van der Waals surface area (Å²) >= 11 is 0. The number of carboxylic acids is 1. The van der Waals surface area contributed by atoms with Gasteiger partial charge in [-0.1, -0.05) is 0 Å². The van der Waals surface area contributed by atoms with Crippen molar-refractivity contribution < 1.29 is 9.90 Å². The zero-order valence-electron chi connectivity index (χ0n) is 7.83. The molecule has 5 nitrogen and oxygen atoms in total. The lowest BCUT2D eigenvalue weighted by Gasteiger charge is -2.07. The Hall–Kier alpha value is -0.650. The first-order chi connectivity index (χ1) is 6.18. The standard InChI is InChI=1S/C8H19N3O2/c9-4-1-2-5-11-6-3-7(10)8(12)13/h7,11H,1-6,9-10H2,(H,12,13)/t7-/m0/s1. The Kier molecular flexibility index (Phi) is 7.57. The van der Waals surface area contributed by atoms with Gasteiger partial charge in [0.2, 0.25) is 0 Å². The highest BCUT2D eigenvalue weighted by atomic mass is 16.4. The molecule has 0 amide bonds. The molecule has 0 rings (SSSR count). The van der Waals surface area contributed by atoms with Crippen LogP contribution in [0.5, 0.6) is 0 Å². The number of hydrogen-bond donors (Lipinski definition) is 4. The van der Waals surface area contributed by atoms with Gasteiger partial charge in [-0.25, -0.2) is 0 Å². The molecule has 5 heteroatoms. The molecule has 6 N–H and O–H groups in total. The Bertz CT molecular complexity index is 141. The highest BCUT2D eigenvalue weighted by Gasteiger charge is 2.09. The maximum absolute atomic E-state index is 10.3. The first kappa shape index (κ1) is 12.3. The molecule has 78 valence electrons. The number of carboxylic acid groups (broad SMARTS) is 1. The van der Waals surface area contributed by atoms with Crippen molar-refractivity contribution in [1.29, 1.82) is 0 Å². The van der Waals surface area contributed by atoms with Crippen LogP contribution in [0.1, 0.15) is 19.3 Å². The molecule has 13 heavy (non-hydrogen) atoms. The molecule has 0 aromatic carbocycles. The van der Waals surface area contributed by atoms with Crippen LogP contribution in [0.15, 0.2) is 0 Å². The second-order valence-electron chi connectivity index (χ2n) is 2.98. The summed E-state index contributed by atoms with van der Waals surface area (Å²) in [5, 5.41) is 11.6. The number of carbonyl (C=O) groups is 1. The molecule has 0 aliphatic carbocycles. The van der Waals surface area contributed by atoms with Gasteiger partial charge in [-0.05, 0) is 38.9 Å². The largest absolute Gasteiger partial charge is 0.480 e. The summed E-state index contributed by atoms with van der Waals surface area (Å²) in [6.07, 6.45) is 2.49. The first-order valence-corrected chi connectivity index (χ1v) is 4.57. The van der Waals surface area contributed by atoms with Crippen LogP contribution in [0, 0.1) is 0 Å². The van der Waals surface area contributed by atoms with E-state index in [4.69, 9.17) is 16.6 Å². The Labute approximate surface area is 78.5 Å². The van der Waals surface area contributed by atoms with E-state index in [0.717, 1.165) is 19.4 Å². The van der Waals surface area contributed by atoms with Crippen LogP contribution < -0.4 is 16.8 Å². The van der Waals surface area contributed by atoms with Crippen LogP contribution >= 0.6 is 0 Å². The third kappa shape index (κ3) is 7.70. The van der Waals surface area contributed by atoms with Gasteiger partial charge in [0.1, 0.15) is 6.04 Å². The fourth-order valence-electron chi connectivity index (χ4n) is 0.900. The van der Waals surface area contributed by atoms with Crippen LogP contribution in [0.2, 0.25) is 0 Å². The van der Waals surface area contributed by atoms with Gasteiger partial charge < -0.3 is 21.9 Å². The third-order valence-corrected chi connectivity index (χ3v) is 1.76. The van der Waals surface area contributed by atoms with Gasteiger partial charge in [0, 0.05) is 0 Å². The van der Waals surface area contributed by atoms with Crippen LogP contribution in [0.4, 0.5) is 0 Å². The molecule has 1 atom stereocenters. The second kappa shape index (κ2) is 7.97. The van der Waals surface area contributed by atoms with Crippen molar-refractivity contribution in [2.45, 2.75) is 25.3 Å². The number of unbranched alkanes of at least 4 members (excludes halogenated alkanes) is 1. The van der Waals surface area contributed by atoms with Crippen LogP contribution in [-0.4, -0.2) is 36.8 Å². The summed E-state index contributed by atoms with van der Waals surface area (Å²) in [5.41, 5.74) is 10.6. The first-order valence-electron chi connectivity index (χ1n) is 4.57. The van der Waals surface area contributed by atoms with Crippen LogP contribution in [0.3, 0.4) is 0 Å². The van der Waals surface area contributed by atoms with Crippen LogP contribution in [-0.2, 0) is 4.79 Å². The molecule has 0 bridgehead atoms. The van der Waals surface area contributed by atoms with E-state index in [1.165, 1.54) is 0 Å².